The molecule has 2 aromatic carbocycles. The number of nitrogens with one attached hydrogen (secondary N) is 1. The summed E-state index contributed by atoms with van der Waals surface area (Å²) < 4.78 is 79.5. The summed E-state index contributed by atoms with van der Waals surface area (Å²) in [6.45, 7) is -1.01. The van der Waals surface area contributed by atoms with E-state index in [2.05, 4.69) is 4.98 Å². The van der Waals surface area contributed by atoms with Gasteiger partial charge in [-0.25, -0.2) is 4.98 Å². The quantitative estimate of drug-likeness (QED) is 0.440. The molecule has 0 aliphatic heterocycles. The van der Waals surface area contributed by atoms with E-state index in [0.717, 1.165) is 12.1 Å². The number of aromatic nitrogens is 3. The number of aryl methyl sites for hydroxylation is 1. The Morgan fingerprint density at radius 3 is 2.36 bits per heavy atom. The Labute approximate surface area is 182 Å². The number of rotatable bonds is 4. The molecule has 0 radical (unpaired) electrons. The topological polar surface area (TPSA) is 72.1 Å². The molecule has 1 amide bonds. The molecule has 0 aliphatic rings. The van der Waals surface area contributed by atoms with E-state index in [1.54, 1.807) is 16.2 Å². The second-order valence-electron chi connectivity index (χ2n) is 7.41. The fraction of sp³-hybridized carbons (Fsp3) is 0.238. The van der Waals surface area contributed by atoms with Crippen molar-refractivity contribution < 1.29 is 36.2 Å². The molecule has 174 valence electrons. The van der Waals surface area contributed by atoms with Crippen molar-refractivity contribution in [2.75, 3.05) is 6.54 Å². The number of alkyl halides is 6. The van der Waals surface area contributed by atoms with Crippen LogP contribution in [0.2, 0.25) is 0 Å². The summed E-state index contributed by atoms with van der Waals surface area (Å²) in [5, 5.41) is 11.6. The molecular weight excluding hydrogens is 454 g/mol. The minimum absolute atomic E-state index is 0.0459. The maximum atomic E-state index is 12.9. The molecule has 6 nitrogen and oxygen atoms in total. The van der Waals surface area contributed by atoms with Gasteiger partial charge in [0.05, 0.1) is 29.5 Å². The van der Waals surface area contributed by atoms with Crippen molar-refractivity contribution in [1.29, 1.82) is 0 Å². The zero-order chi connectivity index (χ0) is 24.1. The van der Waals surface area contributed by atoms with E-state index in [1.807, 2.05) is 5.32 Å². The van der Waals surface area contributed by atoms with E-state index in [4.69, 9.17) is 5.11 Å². The molecule has 0 saturated heterocycles. The first kappa shape index (κ1) is 22.6. The van der Waals surface area contributed by atoms with Crippen molar-refractivity contribution in [1.82, 2.24) is 19.4 Å². The van der Waals surface area contributed by atoms with Gasteiger partial charge in [0.15, 0.2) is 11.8 Å². The van der Waals surface area contributed by atoms with Gasteiger partial charge in [-0.3, -0.25) is 9.36 Å². The van der Waals surface area contributed by atoms with Crippen molar-refractivity contribution in [2.24, 2.45) is 7.05 Å². The number of carbonyl (C=O) groups excluding carboxylic acids is 1. The third kappa shape index (κ3) is 4.13. The highest BCUT2D eigenvalue weighted by molar-refractivity contribution is 6.09. The number of amides is 1. The van der Waals surface area contributed by atoms with Crippen LogP contribution in [0.25, 0.3) is 27.8 Å². The van der Waals surface area contributed by atoms with Crippen LogP contribution in [0.3, 0.4) is 0 Å². The molecule has 0 bridgehead atoms. The van der Waals surface area contributed by atoms with Gasteiger partial charge in [-0.15, -0.1) is 0 Å². The first-order valence-electron chi connectivity index (χ1n) is 9.54. The fourth-order valence-corrected chi connectivity index (χ4v) is 3.54. The molecule has 0 spiro atoms. The number of benzene rings is 2. The maximum Gasteiger partial charge on any atom is 0.416 e. The Balaban J connectivity index is 1.75. The second-order valence-corrected chi connectivity index (χ2v) is 7.41. The van der Waals surface area contributed by atoms with E-state index >= 15 is 0 Å². The highest BCUT2D eigenvalue weighted by Crippen LogP contribution is 2.34. The third-order valence-corrected chi connectivity index (χ3v) is 5.17. The van der Waals surface area contributed by atoms with Crippen LogP contribution in [0, 0.1) is 0 Å². The van der Waals surface area contributed by atoms with Gasteiger partial charge in [0.1, 0.15) is 0 Å². The van der Waals surface area contributed by atoms with Crippen molar-refractivity contribution in [3.05, 3.63) is 59.9 Å². The number of hydrogen-bond donors (Lipinski definition) is 2. The zero-order valence-corrected chi connectivity index (χ0v) is 16.9. The van der Waals surface area contributed by atoms with Gasteiger partial charge in [-0.1, -0.05) is 0 Å². The van der Waals surface area contributed by atoms with E-state index in [0.29, 0.717) is 27.8 Å². The van der Waals surface area contributed by atoms with Gasteiger partial charge in [0.2, 0.25) is 0 Å². The largest absolute Gasteiger partial charge is 0.416 e. The van der Waals surface area contributed by atoms with E-state index in [-0.39, 0.29) is 5.56 Å². The van der Waals surface area contributed by atoms with Crippen LogP contribution in [0.4, 0.5) is 26.3 Å². The molecule has 2 aromatic heterocycles. The van der Waals surface area contributed by atoms with Crippen molar-refractivity contribution >= 4 is 28.0 Å². The SMILES string of the molecule is Cn1cnc2c1c1cc(C(=O)NC[C@H](O)C(F)(F)F)ccc1n2-c1ccc(C(F)(F)F)cc1. The van der Waals surface area contributed by atoms with Gasteiger partial charge < -0.3 is 15.0 Å². The normalized spacial score (nSPS) is 13.6. The van der Waals surface area contributed by atoms with Crippen molar-refractivity contribution in [2.45, 2.75) is 18.5 Å². The molecule has 12 heteroatoms. The van der Waals surface area contributed by atoms with Crippen LogP contribution in [-0.2, 0) is 13.2 Å². The Bertz CT molecular complexity index is 1340. The number of halogens is 6. The summed E-state index contributed by atoms with van der Waals surface area (Å²) in [7, 11) is 1.69. The molecule has 0 saturated carbocycles. The second kappa shape index (κ2) is 7.80. The molecule has 4 rings (SSSR count). The van der Waals surface area contributed by atoms with E-state index in [1.165, 1.54) is 36.7 Å². The summed E-state index contributed by atoms with van der Waals surface area (Å²) in [5.74, 6) is -0.821. The smallest absolute Gasteiger partial charge is 0.382 e. The monoisotopic (exact) mass is 470 g/mol. The Morgan fingerprint density at radius 1 is 1.09 bits per heavy atom. The summed E-state index contributed by atoms with van der Waals surface area (Å²) >= 11 is 0. The number of imidazole rings is 1. The Morgan fingerprint density at radius 2 is 1.76 bits per heavy atom. The molecular formula is C21H16F6N4O2. The van der Waals surface area contributed by atoms with Crippen LogP contribution in [0.5, 0.6) is 0 Å². The average Bonchev–Trinajstić information content (AvgIpc) is 3.27. The van der Waals surface area contributed by atoms with E-state index in [9.17, 15) is 31.1 Å². The zero-order valence-electron chi connectivity index (χ0n) is 16.9. The van der Waals surface area contributed by atoms with Crippen LogP contribution < -0.4 is 5.32 Å². The predicted octanol–water partition coefficient (Wildman–Crippen LogP) is 4.19. The lowest BCUT2D eigenvalue weighted by Crippen LogP contribution is -2.40. The molecule has 2 N–H and O–H groups in total. The van der Waals surface area contributed by atoms with Gasteiger partial charge in [-0.05, 0) is 42.5 Å². The summed E-state index contributed by atoms with van der Waals surface area (Å²) in [5.41, 5.74) is 1.19. The molecule has 0 unspecified atom stereocenters. The number of nitrogens with zero attached hydrogens (tertiary/aromatic N) is 3. The lowest BCUT2D eigenvalue weighted by molar-refractivity contribution is -0.201. The number of hydrogen-bond acceptors (Lipinski definition) is 3. The number of fused-ring (bicyclic) bond motifs is 3. The van der Waals surface area contributed by atoms with Crippen LogP contribution in [-0.4, -0.2) is 44.0 Å². The standard InChI is InChI=1S/C21H16F6N4O2/c1-30-10-29-18-17(30)14-8-11(19(33)28-9-16(32)21(25,26)27)2-7-15(14)31(18)13-5-3-12(4-6-13)20(22,23)24/h2-8,10,16,32H,9H2,1H3,(H,28,33)/t16-/m0/s1. The summed E-state index contributed by atoms with van der Waals surface area (Å²) in [6, 6.07) is 8.86. The number of aliphatic hydroxyl groups excluding tert-OH is 1. The first-order valence-corrected chi connectivity index (χ1v) is 9.54. The van der Waals surface area contributed by atoms with Crippen molar-refractivity contribution in [3.63, 3.8) is 0 Å². The molecule has 4 aromatic rings. The fourth-order valence-electron chi connectivity index (χ4n) is 3.54. The minimum atomic E-state index is -4.86. The summed E-state index contributed by atoms with van der Waals surface area (Å²) in [6.07, 6.45) is -10.6. The van der Waals surface area contributed by atoms with Gasteiger partial charge in [0.25, 0.3) is 5.91 Å². The molecule has 33 heavy (non-hydrogen) atoms. The Hall–Kier alpha value is -3.54. The average molecular weight is 470 g/mol. The highest BCUT2D eigenvalue weighted by atomic mass is 19.4. The minimum Gasteiger partial charge on any atom is -0.382 e. The molecule has 2 heterocycles. The van der Waals surface area contributed by atoms with Gasteiger partial charge >= 0.3 is 12.4 Å². The lowest BCUT2D eigenvalue weighted by atomic mass is 10.1. The maximum absolute atomic E-state index is 12.9. The lowest BCUT2D eigenvalue weighted by Gasteiger charge is -2.15. The van der Waals surface area contributed by atoms with Gasteiger partial charge in [0, 0.05) is 23.7 Å². The van der Waals surface area contributed by atoms with Crippen LogP contribution in [0.15, 0.2) is 48.8 Å². The van der Waals surface area contributed by atoms with Crippen molar-refractivity contribution in [3.8, 4) is 5.69 Å². The third-order valence-electron chi connectivity index (χ3n) is 5.17. The van der Waals surface area contributed by atoms with Crippen LogP contribution >= 0.6 is 0 Å². The van der Waals surface area contributed by atoms with E-state index < -0.39 is 36.5 Å². The van der Waals surface area contributed by atoms with Gasteiger partial charge in [-0.2, -0.15) is 26.3 Å². The number of carbonyl (C=O) groups is 1. The first-order chi connectivity index (χ1) is 15.4. The molecule has 1 atom stereocenters. The molecule has 0 aliphatic carbocycles. The highest BCUT2D eigenvalue weighted by Gasteiger charge is 2.38. The molecule has 0 fully saturated rings. The van der Waals surface area contributed by atoms with Crippen LogP contribution in [0.1, 0.15) is 15.9 Å². The summed E-state index contributed by atoms with van der Waals surface area (Å²) in [4.78, 5) is 16.7. The Kier molecular flexibility index (Phi) is 5.35. The predicted molar refractivity (Wildman–Crippen MR) is 107 cm³/mol. The number of aliphatic hydroxyl groups is 1.